The third-order valence-electron chi connectivity index (χ3n) is 3.54. The minimum absolute atomic E-state index is 0.285. The largest absolute Gasteiger partial charge is 0.381 e. The number of rotatable bonds is 4. The second-order valence-corrected chi connectivity index (χ2v) is 6.86. The van der Waals surface area contributed by atoms with Gasteiger partial charge in [0.1, 0.15) is 0 Å². The van der Waals surface area contributed by atoms with Crippen molar-refractivity contribution in [3.8, 4) is 0 Å². The molecular weight excluding hydrogens is 264 g/mol. The molecule has 0 aliphatic heterocycles. The molecule has 0 bridgehead atoms. The van der Waals surface area contributed by atoms with Crippen LogP contribution in [0.5, 0.6) is 0 Å². The molecule has 0 amide bonds. The number of alkyl halides is 1. The molecule has 3 heteroatoms. The third kappa shape index (κ3) is 4.18. The highest BCUT2D eigenvalue weighted by molar-refractivity contribution is 7.99. The van der Waals surface area contributed by atoms with Crippen molar-refractivity contribution in [2.75, 3.05) is 12.9 Å². The Balaban J connectivity index is 1.84. The Morgan fingerprint density at radius 3 is 2.61 bits per heavy atom. The lowest BCUT2D eigenvalue weighted by Crippen LogP contribution is -2.29. The normalized spacial score (nSPS) is 28.3. The number of halogens is 1. The van der Waals surface area contributed by atoms with Gasteiger partial charge in [0.15, 0.2) is 0 Å². The standard InChI is InChI=1S/C15H21ClOS/c1-11-3-5-15(6-4-11)18-10-12-7-13(16)9-14(8-12)17-2/h3-6,12-14H,7-10H2,1-2H3/t12-,13+,14+/m0/s1. The van der Waals surface area contributed by atoms with Crippen molar-refractivity contribution in [3.05, 3.63) is 29.8 Å². The van der Waals surface area contributed by atoms with Crippen LogP contribution >= 0.6 is 23.4 Å². The molecular formula is C15H21ClOS. The predicted octanol–water partition coefficient (Wildman–Crippen LogP) is 4.51. The highest BCUT2D eigenvalue weighted by Gasteiger charge is 2.27. The fourth-order valence-electron chi connectivity index (χ4n) is 2.48. The van der Waals surface area contributed by atoms with Crippen LogP contribution in [-0.4, -0.2) is 24.3 Å². The summed E-state index contributed by atoms with van der Waals surface area (Å²) in [4.78, 5) is 1.35. The lowest BCUT2D eigenvalue weighted by Gasteiger charge is -2.31. The molecule has 3 atom stereocenters. The summed E-state index contributed by atoms with van der Waals surface area (Å²) >= 11 is 8.23. The topological polar surface area (TPSA) is 9.23 Å². The van der Waals surface area contributed by atoms with E-state index >= 15 is 0 Å². The minimum Gasteiger partial charge on any atom is -0.381 e. The molecule has 1 aromatic carbocycles. The summed E-state index contributed by atoms with van der Waals surface area (Å²) in [7, 11) is 1.80. The van der Waals surface area contributed by atoms with Crippen LogP contribution < -0.4 is 0 Å². The molecule has 0 saturated heterocycles. The molecule has 100 valence electrons. The van der Waals surface area contributed by atoms with Crippen molar-refractivity contribution in [2.45, 2.75) is 42.6 Å². The van der Waals surface area contributed by atoms with Gasteiger partial charge in [0.25, 0.3) is 0 Å². The van der Waals surface area contributed by atoms with Crippen molar-refractivity contribution in [1.29, 1.82) is 0 Å². The van der Waals surface area contributed by atoms with E-state index in [2.05, 4.69) is 31.2 Å². The van der Waals surface area contributed by atoms with Gasteiger partial charge in [0, 0.05) is 23.1 Å². The average Bonchev–Trinajstić information content (AvgIpc) is 2.37. The first kappa shape index (κ1) is 14.2. The van der Waals surface area contributed by atoms with Crippen LogP contribution in [0.25, 0.3) is 0 Å². The SMILES string of the molecule is CO[C@H]1C[C@H](Cl)C[C@H](CSc2ccc(C)cc2)C1. The maximum atomic E-state index is 6.30. The molecule has 0 radical (unpaired) electrons. The van der Waals surface area contributed by atoms with Crippen LogP contribution in [0, 0.1) is 12.8 Å². The van der Waals surface area contributed by atoms with Crippen molar-refractivity contribution < 1.29 is 4.74 Å². The lowest BCUT2D eigenvalue weighted by atomic mass is 9.88. The van der Waals surface area contributed by atoms with Crippen molar-refractivity contribution in [3.63, 3.8) is 0 Å². The quantitative estimate of drug-likeness (QED) is 0.594. The van der Waals surface area contributed by atoms with Gasteiger partial charge in [0.2, 0.25) is 0 Å². The Kier molecular flexibility index (Phi) is 5.40. The zero-order valence-electron chi connectivity index (χ0n) is 11.1. The van der Waals surface area contributed by atoms with E-state index in [1.165, 1.54) is 10.5 Å². The zero-order chi connectivity index (χ0) is 13.0. The van der Waals surface area contributed by atoms with Gasteiger partial charge in [-0.15, -0.1) is 23.4 Å². The van der Waals surface area contributed by atoms with Crippen LogP contribution in [0.1, 0.15) is 24.8 Å². The summed E-state index contributed by atoms with van der Waals surface area (Å²) in [5.41, 5.74) is 1.32. The maximum absolute atomic E-state index is 6.30. The van der Waals surface area contributed by atoms with E-state index in [0.717, 1.165) is 25.0 Å². The number of ether oxygens (including phenoxy) is 1. The number of benzene rings is 1. The number of hydrogen-bond acceptors (Lipinski definition) is 2. The summed E-state index contributed by atoms with van der Waals surface area (Å²) in [6.45, 7) is 2.12. The first-order valence-electron chi connectivity index (χ1n) is 6.53. The van der Waals surface area contributed by atoms with Crippen LogP contribution in [0.15, 0.2) is 29.2 Å². The van der Waals surface area contributed by atoms with E-state index in [1.54, 1.807) is 7.11 Å². The van der Waals surface area contributed by atoms with Crippen LogP contribution in [0.4, 0.5) is 0 Å². The lowest BCUT2D eigenvalue weighted by molar-refractivity contribution is 0.0566. The monoisotopic (exact) mass is 284 g/mol. The summed E-state index contributed by atoms with van der Waals surface area (Å²) in [6, 6.07) is 8.75. The highest BCUT2D eigenvalue weighted by atomic mass is 35.5. The molecule has 1 fully saturated rings. The van der Waals surface area contributed by atoms with Crippen molar-refractivity contribution in [1.82, 2.24) is 0 Å². The molecule has 1 aliphatic carbocycles. The number of hydrogen-bond donors (Lipinski definition) is 0. The van der Waals surface area contributed by atoms with E-state index in [-0.39, 0.29) is 5.38 Å². The Hall–Kier alpha value is -0.180. The predicted molar refractivity (Wildman–Crippen MR) is 79.7 cm³/mol. The van der Waals surface area contributed by atoms with E-state index < -0.39 is 0 Å². The highest BCUT2D eigenvalue weighted by Crippen LogP contribution is 2.33. The molecule has 1 aromatic rings. The first-order chi connectivity index (χ1) is 8.67. The second kappa shape index (κ2) is 6.83. The fourth-order valence-corrected chi connectivity index (χ4v) is 3.96. The molecule has 0 spiro atoms. The van der Waals surface area contributed by atoms with Gasteiger partial charge in [0.05, 0.1) is 6.10 Å². The average molecular weight is 285 g/mol. The molecule has 1 saturated carbocycles. The van der Waals surface area contributed by atoms with Gasteiger partial charge in [-0.3, -0.25) is 0 Å². The first-order valence-corrected chi connectivity index (χ1v) is 7.96. The third-order valence-corrected chi connectivity index (χ3v) is 5.14. The van der Waals surface area contributed by atoms with Gasteiger partial charge in [-0.25, -0.2) is 0 Å². The molecule has 18 heavy (non-hydrogen) atoms. The molecule has 0 N–H and O–H groups in total. The van der Waals surface area contributed by atoms with Crippen LogP contribution in [0.2, 0.25) is 0 Å². The fraction of sp³-hybridized carbons (Fsp3) is 0.600. The Labute approximate surface area is 119 Å². The van der Waals surface area contributed by atoms with E-state index in [0.29, 0.717) is 12.0 Å². The Morgan fingerprint density at radius 1 is 1.22 bits per heavy atom. The summed E-state index contributed by atoms with van der Waals surface area (Å²) in [5, 5.41) is 0.285. The van der Waals surface area contributed by atoms with E-state index in [4.69, 9.17) is 16.3 Å². The number of thioether (sulfide) groups is 1. The van der Waals surface area contributed by atoms with Crippen LogP contribution in [-0.2, 0) is 4.74 Å². The summed E-state index contributed by atoms with van der Waals surface area (Å²) < 4.78 is 5.47. The molecule has 0 unspecified atom stereocenters. The summed E-state index contributed by atoms with van der Waals surface area (Å²) in [6.07, 6.45) is 3.63. The molecule has 1 nitrogen and oxygen atoms in total. The Morgan fingerprint density at radius 2 is 1.94 bits per heavy atom. The maximum Gasteiger partial charge on any atom is 0.0588 e. The van der Waals surface area contributed by atoms with E-state index in [9.17, 15) is 0 Å². The van der Waals surface area contributed by atoms with E-state index in [1.807, 2.05) is 11.8 Å². The zero-order valence-corrected chi connectivity index (χ0v) is 12.6. The molecule has 0 heterocycles. The van der Waals surface area contributed by atoms with Gasteiger partial charge >= 0.3 is 0 Å². The molecule has 1 aliphatic rings. The Bertz CT molecular complexity index is 365. The molecule has 2 rings (SSSR count). The summed E-state index contributed by atoms with van der Waals surface area (Å²) in [5.74, 6) is 1.82. The number of methoxy groups -OCH3 is 1. The van der Waals surface area contributed by atoms with Crippen molar-refractivity contribution in [2.24, 2.45) is 5.92 Å². The smallest absolute Gasteiger partial charge is 0.0588 e. The number of aryl methyl sites for hydroxylation is 1. The van der Waals surface area contributed by atoms with Gasteiger partial charge in [-0.1, -0.05) is 17.7 Å². The van der Waals surface area contributed by atoms with Gasteiger partial charge in [-0.2, -0.15) is 0 Å². The molecule has 0 aromatic heterocycles. The van der Waals surface area contributed by atoms with Crippen LogP contribution in [0.3, 0.4) is 0 Å². The van der Waals surface area contributed by atoms with Gasteiger partial charge in [-0.05, 0) is 44.2 Å². The van der Waals surface area contributed by atoms with Crippen molar-refractivity contribution >= 4 is 23.4 Å². The second-order valence-electron chi connectivity index (χ2n) is 5.15. The minimum atomic E-state index is 0.285. The van der Waals surface area contributed by atoms with Gasteiger partial charge < -0.3 is 4.74 Å².